The summed E-state index contributed by atoms with van der Waals surface area (Å²) in [5.74, 6) is 0.439. The summed E-state index contributed by atoms with van der Waals surface area (Å²) in [6, 6.07) is 10.7. The Labute approximate surface area is 126 Å². The molecule has 1 heterocycles. The molecule has 1 aromatic carbocycles. The third kappa shape index (κ3) is 4.75. The molecule has 118 valence electrons. The predicted octanol–water partition coefficient (Wildman–Crippen LogP) is 3.18. The Morgan fingerprint density at radius 3 is 2.62 bits per heavy atom. The van der Waals surface area contributed by atoms with E-state index in [9.17, 15) is 8.78 Å². The molecule has 0 aromatic heterocycles. The fourth-order valence-corrected chi connectivity index (χ4v) is 3.16. The first-order chi connectivity index (χ1) is 10.1. The van der Waals surface area contributed by atoms with Crippen LogP contribution in [0.25, 0.3) is 0 Å². The van der Waals surface area contributed by atoms with Gasteiger partial charge in [0.15, 0.2) is 0 Å². The predicted molar refractivity (Wildman–Crippen MR) is 82.8 cm³/mol. The van der Waals surface area contributed by atoms with Crippen LogP contribution in [-0.2, 0) is 6.42 Å². The van der Waals surface area contributed by atoms with Crippen molar-refractivity contribution in [1.82, 2.24) is 10.2 Å². The Hall–Kier alpha value is -1.00. The molecule has 2 rings (SSSR count). The molecule has 1 N–H and O–H groups in total. The van der Waals surface area contributed by atoms with Gasteiger partial charge in [-0.25, -0.2) is 8.78 Å². The third-order valence-electron chi connectivity index (χ3n) is 4.54. The van der Waals surface area contributed by atoms with Gasteiger partial charge in [-0.05, 0) is 17.9 Å². The summed E-state index contributed by atoms with van der Waals surface area (Å²) in [4.78, 5) is 1.99. The molecule has 2 nitrogen and oxygen atoms in total. The van der Waals surface area contributed by atoms with Gasteiger partial charge in [0, 0.05) is 25.2 Å². The number of hydrogen-bond acceptors (Lipinski definition) is 2. The Morgan fingerprint density at radius 1 is 1.29 bits per heavy atom. The minimum Gasteiger partial charge on any atom is -0.311 e. The molecule has 0 spiro atoms. The number of alkyl halides is 2. The van der Waals surface area contributed by atoms with Crippen LogP contribution in [0.3, 0.4) is 0 Å². The minimum atomic E-state index is -2.26. The van der Waals surface area contributed by atoms with Gasteiger partial charge in [0.05, 0.1) is 6.54 Å². The number of hydrogen-bond donors (Lipinski definition) is 1. The Bertz CT molecular complexity index is 411. The van der Waals surface area contributed by atoms with Gasteiger partial charge in [-0.1, -0.05) is 50.6 Å². The molecule has 4 heteroatoms. The van der Waals surface area contributed by atoms with E-state index in [4.69, 9.17) is 0 Å². The number of halogens is 2. The third-order valence-corrected chi connectivity index (χ3v) is 4.54. The fraction of sp³-hybridized carbons (Fsp3) is 0.647. The number of rotatable bonds is 6. The summed E-state index contributed by atoms with van der Waals surface area (Å²) < 4.78 is 25.7. The number of piperazine rings is 1. The zero-order chi connectivity index (χ0) is 15.2. The zero-order valence-corrected chi connectivity index (χ0v) is 12.9. The largest absolute Gasteiger partial charge is 0.311 e. The van der Waals surface area contributed by atoms with Crippen molar-refractivity contribution < 1.29 is 8.78 Å². The maximum Gasteiger partial charge on any atom is 0.251 e. The van der Waals surface area contributed by atoms with Crippen LogP contribution in [0, 0.1) is 5.92 Å². The van der Waals surface area contributed by atoms with Gasteiger partial charge in [-0.3, -0.25) is 4.90 Å². The fourth-order valence-electron chi connectivity index (χ4n) is 3.16. The maximum absolute atomic E-state index is 12.9. The lowest BCUT2D eigenvalue weighted by Gasteiger charge is -2.43. The molecular weight excluding hydrogens is 270 g/mol. The molecule has 1 aliphatic heterocycles. The van der Waals surface area contributed by atoms with Crippen LogP contribution < -0.4 is 5.32 Å². The van der Waals surface area contributed by atoms with Crippen LogP contribution in [0.1, 0.15) is 25.8 Å². The molecule has 0 bridgehead atoms. The Balaban J connectivity index is 1.98. The van der Waals surface area contributed by atoms with Crippen LogP contribution in [-0.4, -0.2) is 43.0 Å². The molecule has 1 fully saturated rings. The molecule has 0 amide bonds. The Kier molecular flexibility index (Phi) is 6.12. The summed E-state index contributed by atoms with van der Waals surface area (Å²) >= 11 is 0. The molecule has 0 aliphatic carbocycles. The van der Waals surface area contributed by atoms with E-state index in [0.717, 1.165) is 19.4 Å². The summed E-state index contributed by atoms with van der Waals surface area (Å²) in [5, 5.41) is 3.55. The second kappa shape index (κ2) is 7.85. The highest BCUT2D eigenvalue weighted by Gasteiger charge is 2.32. The first kappa shape index (κ1) is 16.4. The van der Waals surface area contributed by atoms with E-state index in [1.165, 1.54) is 5.56 Å². The lowest BCUT2D eigenvalue weighted by molar-refractivity contribution is 0.0253. The SMILES string of the molecule is CCC(C)C1CNC(Cc2ccccc2)CN1CC(F)F. The van der Waals surface area contributed by atoms with Crippen LogP contribution in [0.5, 0.6) is 0 Å². The highest BCUT2D eigenvalue weighted by Crippen LogP contribution is 2.20. The summed E-state index contributed by atoms with van der Waals surface area (Å²) in [6.07, 6.45) is -0.337. The lowest BCUT2D eigenvalue weighted by atomic mass is 9.93. The van der Waals surface area contributed by atoms with Crippen molar-refractivity contribution in [2.75, 3.05) is 19.6 Å². The average Bonchev–Trinajstić information content (AvgIpc) is 2.47. The standard InChI is InChI=1S/C17H26F2N2/c1-3-13(2)16-10-20-15(11-21(16)12-17(18)19)9-14-7-5-4-6-8-14/h4-8,13,15-17,20H,3,9-12H2,1-2H3. The van der Waals surface area contributed by atoms with Crippen LogP contribution in [0.4, 0.5) is 8.78 Å². The molecule has 1 aliphatic rings. The monoisotopic (exact) mass is 296 g/mol. The summed E-state index contributed by atoms with van der Waals surface area (Å²) in [6.45, 7) is 5.68. The van der Waals surface area contributed by atoms with Gasteiger partial charge >= 0.3 is 0 Å². The highest BCUT2D eigenvalue weighted by atomic mass is 19.3. The van der Waals surface area contributed by atoms with Gasteiger partial charge in [0.2, 0.25) is 0 Å². The summed E-state index contributed by atoms with van der Waals surface area (Å²) in [7, 11) is 0. The first-order valence-electron chi connectivity index (χ1n) is 7.89. The van der Waals surface area contributed by atoms with Gasteiger partial charge in [0.25, 0.3) is 6.43 Å². The molecule has 1 aromatic rings. The van der Waals surface area contributed by atoms with Crippen LogP contribution in [0.15, 0.2) is 30.3 Å². The van der Waals surface area contributed by atoms with Gasteiger partial charge in [-0.15, -0.1) is 0 Å². The number of nitrogens with zero attached hydrogens (tertiary/aromatic N) is 1. The van der Waals surface area contributed by atoms with Crippen molar-refractivity contribution in [3.63, 3.8) is 0 Å². The Morgan fingerprint density at radius 2 is 2.00 bits per heavy atom. The first-order valence-corrected chi connectivity index (χ1v) is 7.89. The molecular formula is C17H26F2N2. The molecule has 0 radical (unpaired) electrons. The highest BCUT2D eigenvalue weighted by molar-refractivity contribution is 5.16. The molecule has 1 saturated heterocycles. The second-order valence-electron chi connectivity index (χ2n) is 6.09. The lowest BCUT2D eigenvalue weighted by Crippen LogP contribution is -2.59. The average molecular weight is 296 g/mol. The minimum absolute atomic E-state index is 0.109. The molecule has 3 unspecified atom stereocenters. The van der Waals surface area contributed by atoms with E-state index in [1.54, 1.807) is 0 Å². The van der Waals surface area contributed by atoms with E-state index in [0.29, 0.717) is 12.5 Å². The smallest absolute Gasteiger partial charge is 0.251 e. The van der Waals surface area contributed by atoms with Gasteiger partial charge in [-0.2, -0.15) is 0 Å². The van der Waals surface area contributed by atoms with E-state index < -0.39 is 6.43 Å². The van der Waals surface area contributed by atoms with Crippen molar-refractivity contribution in [1.29, 1.82) is 0 Å². The molecule has 3 atom stereocenters. The van der Waals surface area contributed by atoms with Crippen LogP contribution >= 0.6 is 0 Å². The molecule has 21 heavy (non-hydrogen) atoms. The van der Waals surface area contributed by atoms with Crippen molar-refractivity contribution in [3.8, 4) is 0 Å². The van der Waals surface area contributed by atoms with E-state index >= 15 is 0 Å². The van der Waals surface area contributed by atoms with E-state index in [2.05, 4.69) is 31.3 Å². The maximum atomic E-state index is 12.9. The van der Waals surface area contributed by atoms with Crippen molar-refractivity contribution in [2.24, 2.45) is 5.92 Å². The van der Waals surface area contributed by atoms with E-state index in [1.807, 2.05) is 23.1 Å². The van der Waals surface area contributed by atoms with Gasteiger partial charge < -0.3 is 5.32 Å². The van der Waals surface area contributed by atoms with Crippen molar-refractivity contribution in [2.45, 2.75) is 45.2 Å². The van der Waals surface area contributed by atoms with E-state index in [-0.39, 0.29) is 18.6 Å². The topological polar surface area (TPSA) is 15.3 Å². The van der Waals surface area contributed by atoms with Crippen LogP contribution in [0.2, 0.25) is 0 Å². The quantitative estimate of drug-likeness (QED) is 0.867. The van der Waals surface area contributed by atoms with Crippen molar-refractivity contribution in [3.05, 3.63) is 35.9 Å². The zero-order valence-electron chi connectivity index (χ0n) is 12.9. The summed E-state index contributed by atoms with van der Waals surface area (Å²) in [5.41, 5.74) is 1.26. The number of nitrogens with one attached hydrogen (secondary N) is 1. The normalized spacial score (nSPS) is 25.2. The van der Waals surface area contributed by atoms with Gasteiger partial charge in [0.1, 0.15) is 0 Å². The molecule has 0 saturated carbocycles. The number of benzene rings is 1. The van der Waals surface area contributed by atoms with Crippen molar-refractivity contribution >= 4 is 0 Å². The second-order valence-corrected chi connectivity index (χ2v) is 6.09.